The van der Waals surface area contributed by atoms with E-state index in [-0.39, 0.29) is 0 Å². The van der Waals surface area contributed by atoms with Crippen LogP contribution in [-0.4, -0.2) is 14.8 Å². The normalized spacial score (nSPS) is 10.0. The average molecular weight is 127 g/mol. The van der Waals surface area contributed by atoms with E-state index < -0.39 is 0 Å². The number of hydrogen-bond donors (Lipinski definition) is 2. The zero-order valence-corrected chi connectivity index (χ0v) is 5.20. The Labute approximate surface area is 52.8 Å². The summed E-state index contributed by atoms with van der Waals surface area (Å²) < 4.78 is 1.67. The Morgan fingerprint density at radius 1 is 1.89 bits per heavy atom. The topological polar surface area (TPSA) is 68.8 Å². The first-order valence-corrected chi connectivity index (χ1v) is 2.61. The van der Waals surface area contributed by atoms with Crippen molar-refractivity contribution in [3.05, 3.63) is 12.2 Å². The summed E-state index contributed by atoms with van der Waals surface area (Å²) in [5.41, 5.74) is 2.49. The number of hydrogen-bond acceptors (Lipinski definition) is 4. The van der Waals surface area contributed by atoms with Crippen molar-refractivity contribution in [2.75, 3.05) is 0 Å². The van der Waals surface area contributed by atoms with Crippen molar-refractivity contribution >= 4 is 0 Å². The van der Waals surface area contributed by atoms with Crippen LogP contribution in [0.5, 0.6) is 0 Å². The van der Waals surface area contributed by atoms with Crippen molar-refractivity contribution in [3.63, 3.8) is 0 Å². The number of nitrogens with two attached hydrogens (primary N) is 1. The van der Waals surface area contributed by atoms with E-state index in [9.17, 15) is 0 Å². The third-order valence-corrected chi connectivity index (χ3v) is 1.07. The smallest absolute Gasteiger partial charge is 0.141 e. The van der Waals surface area contributed by atoms with Crippen LogP contribution in [0.2, 0.25) is 0 Å². The predicted molar refractivity (Wildman–Crippen MR) is 32.0 cm³/mol. The van der Waals surface area contributed by atoms with Crippen LogP contribution in [0.4, 0.5) is 0 Å². The Bertz CT molecular complexity index is 181. The van der Waals surface area contributed by atoms with Gasteiger partial charge in [-0.05, 0) is 0 Å². The lowest BCUT2D eigenvalue weighted by Gasteiger charge is -1.95. The van der Waals surface area contributed by atoms with Crippen LogP contribution in [0, 0.1) is 0 Å². The van der Waals surface area contributed by atoms with Gasteiger partial charge in [0.05, 0.1) is 6.54 Å². The standard InChI is InChI=1S/C4H9N5/c1-9-4(2-7-5)6-3-8-9/h3,7H,2,5H2,1H3. The molecular weight excluding hydrogens is 118 g/mol. The Morgan fingerprint density at radius 3 is 3.11 bits per heavy atom. The van der Waals surface area contributed by atoms with Gasteiger partial charge in [0.2, 0.25) is 0 Å². The molecule has 9 heavy (non-hydrogen) atoms. The van der Waals surface area contributed by atoms with Crippen molar-refractivity contribution < 1.29 is 0 Å². The molecule has 1 aromatic rings. The molecule has 0 atom stereocenters. The predicted octanol–water partition coefficient (Wildman–Crippen LogP) is -1.22. The number of aromatic nitrogens is 3. The molecule has 0 saturated heterocycles. The zero-order chi connectivity index (χ0) is 6.69. The van der Waals surface area contributed by atoms with E-state index in [0.717, 1.165) is 5.82 Å². The summed E-state index contributed by atoms with van der Waals surface area (Å²) >= 11 is 0. The lowest BCUT2D eigenvalue weighted by atomic mass is 10.6. The minimum absolute atomic E-state index is 0.552. The molecule has 0 aliphatic carbocycles. The molecule has 0 amide bonds. The van der Waals surface area contributed by atoms with Gasteiger partial charge >= 0.3 is 0 Å². The van der Waals surface area contributed by atoms with Crippen LogP contribution in [0.3, 0.4) is 0 Å². The van der Waals surface area contributed by atoms with Crippen LogP contribution in [0.15, 0.2) is 6.33 Å². The number of nitrogens with zero attached hydrogens (tertiary/aromatic N) is 3. The molecule has 0 saturated carbocycles. The quantitative estimate of drug-likeness (QED) is 0.386. The van der Waals surface area contributed by atoms with Crippen molar-refractivity contribution in [2.45, 2.75) is 6.54 Å². The van der Waals surface area contributed by atoms with Crippen molar-refractivity contribution in [1.82, 2.24) is 20.2 Å². The number of aryl methyl sites for hydroxylation is 1. The van der Waals surface area contributed by atoms with Gasteiger partial charge in [-0.15, -0.1) is 0 Å². The van der Waals surface area contributed by atoms with E-state index in [2.05, 4.69) is 15.5 Å². The van der Waals surface area contributed by atoms with Gasteiger partial charge in [0.15, 0.2) is 0 Å². The Morgan fingerprint density at radius 2 is 2.67 bits per heavy atom. The van der Waals surface area contributed by atoms with Crippen LogP contribution >= 0.6 is 0 Å². The molecule has 1 rings (SSSR count). The SMILES string of the molecule is Cn1ncnc1CNN. The fraction of sp³-hybridized carbons (Fsp3) is 0.500. The lowest BCUT2D eigenvalue weighted by molar-refractivity contribution is 0.634. The lowest BCUT2D eigenvalue weighted by Crippen LogP contribution is -2.23. The summed E-state index contributed by atoms with van der Waals surface area (Å²) in [7, 11) is 1.82. The molecule has 0 aliphatic rings. The van der Waals surface area contributed by atoms with Crippen LogP contribution in [-0.2, 0) is 13.6 Å². The molecule has 0 radical (unpaired) electrons. The van der Waals surface area contributed by atoms with Gasteiger partial charge in [-0.25, -0.2) is 4.98 Å². The Balaban J connectivity index is 2.69. The zero-order valence-electron chi connectivity index (χ0n) is 5.20. The van der Waals surface area contributed by atoms with Crippen LogP contribution in [0.1, 0.15) is 5.82 Å². The minimum atomic E-state index is 0.552. The van der Waals surface area contributed by atoms with E-state index in [1.807, 2.05) is 7.05 Å². The van der Waals surface area contributed by atoms with E-state index in [4.69, 9.17) is 5.84 Å². The van der Waals surface area contributed by atoms with Crippen molar-refractivity contribution in [1.29, 1.82) is 0 Å². The molecule has 0 unspecified atom stereocenters. The first-order chi connectivity index (χ1) is 4.34. The maximum absolute atomic E-state index is 5.06. The van der Waals surface area contributed by atoms with Gasteiger partial charge < -0.3 is 0 Å². The summed E-state index contributed by atoms with van der Waals surface area (Å²) in [6, 6.07) is 0. The summed E-state index contributed by atoms with van der Waals surface area (Å²) in [6.45, 7) is 0.552. The molecule has 3 N–H and O–H groups in total. The molecule has 1 aromatic heterocycles. The summed E-state index contributed by atoms with van der Waals surface area (Å²) in [5.74, 6) is 5.89. The van der Waals surface area contributed by atoms with Gasteiger partial charge in [0.25, 0.3) is 0 Å². The fourth-order valence-electron chi connectivity index (χ4n) is 0.571. The second-order valence-electron chi connectivity index (χ2n) is 1.68. The summed E-state index contributed by atoms with van der Waals surface area (Å²) in [5, 5.41) is 3.85. The second kappa shape index (κ2) is 2.56. The summed E-state index contributed by atoms with van der Waals surface area (Å²) in [6.07, 6.45) is 1.49. The first kappa shape index (κ1) is 6.18. The first-order valence-electron chi connectivity index (χ1n) is 2.61. The van der Waals surface area contributed by atoms with E-state index >= 15 is 0 Å². The third-order valence-electron chi connectivity index (χ3n) is 1.07. The molecule has 5 nitrogen and oxygen atoms in total. The third kappa shape index (κ3) is 1.24. The van der Waals surface area contributed by atoms with Gasteiger partial charge in [-0.2, -0.15) is 5.10 Å². The van der Waals surface area contributed by atoms with Gasteiger partial charge in [0.1, 0.15) is 12.2 Å². The number of rotatable bonds is 2. The summed E-state index contributed by atoms with van der Waals surface area (Å²) in [4.78, 5) is 3.91. The molecule has 0 fully saturated rings. The molecule has 0 bridgehead atoms. The maximum atomic E-state index is 5.06. The molecule has 5 heteroatoms. The van der Waals surface area contributed by atoms with Crippen LogP contribution < -0.4 is 11.3 Å². The van der Waals surface area contributed by atoms with Crippen molar-refractivity contribution in [3.8, 4) is 0 Å². The Hall–Kier alpha value is -0.940. The fourth-order valence-corrected chi connectivity index (χ4v) is 0.571. The van der Waals surface area contributed by atoms with E-state index in [1.165, 1.54) is 6.33 Å². The monoisotopic (exact) mass is 127 g/mol. The van der Waals surface area contributed by atoms with Gasteiger partial charge in [-0.1, -0.05) is 0 Å². The van der Waals surface area contributed by atoms with Crippen molar-refractivity contribution in [2.24, 2.45) is 12.9 Å². The number of nitrogens with one attached hydrogen (secondary N) is 1. The highest BCUT2D eigenvalue weighted by atomic mass is 15.3. The number of hydrazine groups is 1. The largest absolute Gasteiger partial charge is 0.271 e. The highest BCUT2D eigenvalue weighted by Gasteiger charge is 1.95. The second-order valence-corrected chi connectivity index (χ2v) is 1.68. The van der Waals surface area contributed by atoms with Gasteiger partial charge in [0, 0.05) is 7.05 Å². The minimum Gasteiger partial charge on any atom is -0.271 e. The molecule has 0 spiro atoms. The molecule has 0 aliphatic heterocycles. The molecule has 50 valence electrons. The van der Waals surface area contributed by atoms with Crippen LogP contribution in [0.25, 0.3) is 0 Å². The van der Waals surface area contributed by atoms with E-state index in [0.29, 0.717) is 6.54 Å². The molecule has 0 aromatic carbocycles. The molecular formula is C4H9N5. The highest BCUT2D eigenvalue weighted by molar-refractivity contribution is 4.80. The highest BCUT2D eigenvalue weighted by Crippen LogP contribution is 1.86. The average Bonchev–Trinajstić information content (AvgIpc) is 2.18. The van der Waals surface area contributed by atoms with Gasteiger partial charge in [-0.3, -0.25) is 16.0 Å². The maximum Gasteiger partial charge on any atom is 0.141 e. The van der Waals surface area contributed by atoms with E-state index in [1.54, 1.807) is 4.68 Å². The molecule has 1 heterocycles. The Kier molecular flexibility index (Phi) is 1.76.